The molecule has 2 rings (SSSR count). The fourth-order valence-corrected chi connectivity index (χ4v) is 3.43. The molecule has 6 heteroatoms. The van der Waals surface area contributed by atoms with Gasteiger partial charge in [0.15, 0.2) is 0 Å². The van der Waals surface area contributed by atoms with Crippen molar-refractivity contribution in [2.24, 2.45) is 0 Å². The smallest absolute Gasteiger partial charge is 0.328 e. The van der Waals surface area contributed by atoms with Gasteiger partial charge in [-0.25, -0.2) is 9.18 Å². The van der Waals surface area contributed by atoms with Crippen molar-refractivity contribution in [3.05, 3.63) is 56.5 Å². The number of carbonyl (C=O) groups is 1. The van der Waals surface area contributed by atoms with Gasteiger partial charge in [-0.1, -0.05) is 0 Å². The minimum absolute atomic E-state index is 0.393. The molecule has 0 saturated heterocycles. The third-order valence-corrected chi connectivity index (χ3v) is 4.50. The zero-order valence-electron chi connectivity index (χ0n) is 11.2. The van der Waals surface area contributed by atoms with Gasteiger partial charge in [0.2, 0.25) is 0 Å². The van der Waals surface area contributed by atoms with Gasteiger partial charge in [-0.2, -0.15) is 0 Å². The lowest BCUT2D eigenvalue weighted by Gasteiger charge is -2.21. The first-order valence-electron chi connectivity index (χ1n) is 6.10. The van der Waals surface area contributed by atoms with E-state index in [1.165, 1.54) is 18.2 Å². The Bertz CT molecular complexity index is 684. The molecule has 110 valence electrons. The molecule has 0 radical (unpaired) electrons. The van der Waals surface area contributed by atoms with Gasteiger partial charge in [-0.3, -0.25) is 0 Å². The van der Waals surface area contributed by atoms with Crippen LogP contribution < -0.4 is 4.90 Å². The minimum Gasteiger partial charge on any atom is -0.478 e. The lowest BCUT2D eigenvalue weighted by atomic mass is 10.1. The van der Waals surface area contributed by atoms with Crippen molar-refractivity contribution in [2.45, 2.75) is 6.54 Å². The number of aliphatic carboxylic acids is 1. The Hall–Kier alpha value is -1.66. The normalized spacial score (nSPS) is 11.0. The second-order valence-corrected chi connectivity index (χ2v) is 6.37. The van der Waals surface area contributed by atoms with Crippen LogP contribution in [0.4, 0.5) is 10.1 Å². The number of carboxylic acid groups (broad SMARTS) is 1. The van der Waals surface area contributed by atoms with Crippen molar-refractivity contribution in [3.63, 3.8) is 0 Å². The maximum atomic E-state index is 13.4. The van der Waals surface area contributed by atoms with Crippen LogP contribution in [-0.2, 0) is 11.3 Å². The van der Waals surface area contributed by atoms with Gasteiger partial charge in [0, 0.05) is 39.1 Å². The van der Waals surface area contributed by atoms with Crippen LogP contribution in [0.5, 0.6) is 0 Å². The summed E-state index contributed by atoms with van der Waals surface area (Å²) in [6.07, 6.45) is 2.41. The Balaban J connectivity index is 2.27. The van der Waals surface area contributed by atoms with E-state index in [1.54, 1.807) is 17.4 Å². The third-order valence-electron chi connectivity index (χ3n) is 2.82. The third kappa shape index (κ3) is 4.41. The predicted molar refractivity (Wildman–Crippen MR) is 87.2 cm³/mol. The first-order valence-corrected chi connectivity index (χ1v) is 7.77. The van der Waals surface area contributed by atoms with Gasteiger partial charge < -0.3 is 10.0 Å². The van der Waals surface area contributed by atoms with Crippen molar-refractivity contribution in [1.82, 2.24) is 0 Å². The Morgan fingerprint density at radius 2 is 2.24 bits per heavy atom. The lowest BCUT2D eigenvalue weighted by Crippen LogP contribution is -2.16. The number of nitrogens with zero attached hydrogens (tertiary/aromatic N) is 1. The topological polar surface area (TPSA) is 40.5 Å². The first-order chi connectivity index (χ1) is 9.95. The fourth-order valence-electron chi connectivity index (χ4n) is 1.92. The summed E-state index contributed by atoms with van der Waals surface area (Å²) in [6, 6.07) is 6.38. The number of benzene rings is 1. The van der Waals surface area contributed by atoms with Crippen LogP contribution in [0.15, 0.2) is 40.2 Å². The van der Waals surface area contributed by atoms with Gasteiger partial charge >= 0.3 is 5.97 Å². The molecule has 21 heavy (non-hydrogen) atoms. The predicted octanol–water partition coefficient (Wildman–Crippen LogP) is 4.38. The van der Waals surface area contributed by atoms with Crippen LogP contribution in [-0.4, -0.2) is 18.1 Å². The van der Waals surface area contributed by atoms with E-state index in [9.17, 15) is 9.18 Å². The average Bonchev–Trinajstić information content (AvgIpc) is 2.81. The van der Waals surface area contributed by atoms with Gasteiger partial charge in [0.1, 0.15) is 5.82 Å². The van der Waals surface area contributed by atoms with E-state index >= 15 is 0 Å². The molecular weight excluding hydrogens is 357 g/mol. The molecule has 1 N–H and O–H groups in total. The molecule has 2 aromatic rings. The molecule has 1 heterocycles. The SMILES string of the molecule is CN(Cc1cc(Br)cs1)c1ccc(F)cc1C=CC(=O)O. The number of halogens is 2. The van der Waals surface area contributed by atoms with Crippen LogP contribution in [0, 0.1) is 5.82 Å². The summed E-state index contributed by atoms with van der Waals surface area (Å²) in [5.41, 5.74) is 1.31. The van der Waals surface area contributed by atoms with Crippen molar-refractivity contribution in [2.75, 3.05) is 11.9 Å². The standard InChI is InChI=1S/C15H13BrFNO2S/c1-18(8-13-7-11(16)9-21-13)14-4-3-12(17)6-10(14)2-5-15(19)20/h2-7,9H,8H2,1H3,(H,19,20). The van der Waals surface area contributed by atoms with Crippen LogP contribution in [0.3, 0.4) is 0 Å². The number of anilines is 1. The minimum atomic E-state index is -1.06. The summed E-state index contributed by atoms with van der Waals surface area (Å²) < 4.78 is 14.4. The Kier molecular flexibility index (Phi) is 5.14. The maximum Gasteiger partial charge on any atom is 0.328 e. The van der Waals surface area contributed by atoms with E-state index in [-0.39, 0.29) is 0 Å². The summed E-state index contributed by atoms with van der Waals surface area (Å²) in [5.74, 6) is -1.45. The highest BCUT2D eigenvalue weighted by atomic mass is 79.9. The number of carboxylic acids is 1. The molecule has 0 aliphatic heterocycles. The second-order valence-electron chi connectivity index (χ2n) is 4.46. The zero-order chi connectivity index (χ0) is 15.4. The molecule has 1 aromatic carbocycles. The summed E-state index contributed by atoms with van der Waals surface area (Å²) >= 11 is 5.03. The number of hydrogen-bond donors (Lipinski definition) is 1. The summed E-state index contributed by atoms with van der Waals surface area (Å²) in [7, 11) is 1.89. The quantitative estimate of drug-likeness (QED) is 0.794. The van der Waals surface area contributed by atoms with Crippen molar-refractivity contribution < 1.29 is 14.3 Å². The fraction of sp³-hybridized carbons (Fsp3) is 0.133. The van der Waals surface area contributed by atoms with Crippen LogP contribution in [0.25, 0.3) is 6.08 Å². The highest BCUT2D eigenvalue weighted by Gasteiger charge is 2.09. The molecule has 0 saturated carbocycles. The van der Waals surface area contributed by atoms with E-state index in [2.05, 4.69) is 15.9 Å². The number of hydrogen-bond acceptors (Lipinski definition) is 3. The van der Waals surface area contributed by atoms with E-state index in [0.29, 0.717) is 12.1 Å². The number of thiophene rings is 1. The highest BCUT2D eigenvalue weighted by Crippen LogP contribution is 2.26. The zero-order valence-corrected chi connectivity index (χ0v) is 13.6. The molecule has 1 aromatic heterocycles. The summed E-state index contributed by atoms with van der Waals surface area (Å²) in [5, 5.41) is 10.7. The largest absolute Gasteiger partial charge is 0.478 e. The molecule has 0 unspecified atom stereocenters. The van der Waals surface area contributed by atoms with Gasteiger partial charge in [-0.05, 0) is 46.3 Å². The number of rotatable bonds is 5. The summed E-state index contributed by atoms with van der Waals surface area (Å²) in [4.78, 5) is 13.7. The average molecular weight is 370 g/mol. The monoisotopic (exact) mass is 369 g/mol. The Morgan fingerprint density at radius 1 is 1.48 bits per heavy atom. The van der Waals surface area contributed by atoms with Crippen molar-refractivity contribution >= 4 is 45.0 Å². The second kappa shape index (κ2) is 6.87. The molecule has 0 amide bonds. The Morgan fingerprint density at radius 3 is 2.86 bits per heavy atom. The van der Waals surface area contributed by atoms with Crippen LogP contribution in [0.2, 0.25) is 0 Å². The maximum absolute atomic E-state index is 13.4. The van der Waals surface area contributed by atoms with Crippen LogP contribution >= 0.6 is 27.3 Å². The molecule has 0 aliphatic rings. The molecule has 3 nitrogen and oxygen atoms in total. The summed E-state index contributed by atoms with van der Waals surface area (Å²) in [6.45, 7) is 0.663. The first kappa shape index (κ1) is 15.7. The molecule has 0 spiro atoms. The van der Waals surface area contributed by atoms with Crippen molar-refractivity contribution in [3.8, 4) is 0 Å². The molecule has 0 fully saturated rings. The van der Waals surface area contributed by atoms with Crippen molar-refractivity contribution in [1.29, 1.82) is 0 Å². The lowest BCUT2D eigenvalue weighted by molar-refractivity contribution is -0.131. The molecule has 0 atom stereocenters. The molecular formula is C15H13BrFNO2S. The van der Waals surface area contributed by atoms with E-state index in [4.69, 9.17) is 5.11 Å². The highest BCUT2D eigenvalue weighted by molar-refractivity contribution is 9.10. The van der Waals surface area contributed by atoms with Gasteiger partial charge in [-0.15, -0.1) is 11.3 Å². The van der Waals surface area contributed by atoms with E-state index < -0.39 is 11.8 Å². The van der Waals surface area contributed by atoms with Gasteiger partial charge in [0.25, 0.3) is 0 Å². The van der Waals surface area contributed by atoms with E-state index in [0.717, 1.165) is 21.1 Å². The molecule has 0 bridgehead atoms. The van der Waals surface area contributed by atoms with E-state index in [1.807, 2.05) is 23.4 Å². The van der Waals surface area contributed by atoms with Gasteiger partial charge in [0.05, 0.1) is 6.54 Å². The van der Waals surface area contributed by atoms with Crippen LogP contribution in [0.1, 0.15) is 10.4 Å². The molecule has 0 aliphatic carbocycles. The Labute approximate surface area is 134 Å².